The van der Waals surface area contributed by atoms with Gasteiger partial charge in [-0.3, -0.25) is 10.1 Å². The molecular weight excluding hydrogens is 192 g/mol. The third-order valence-corrected chi connectivity index (χ3v) is 1.65. The van der Waals surface area contributed by atoms with Gasteiger partial charge in [-0.15, -0.1) is 0 Å². The predicted molar refractivity (Wildman–Crippen MR) is 58.4 cm³/mol. The number of imide groups is 1. The molecular formula is C11H12N2O2. The number of amides is 3. The molecule has 0 aliphatic heterocycles. The molecule has 0 heterocycles. The van der Waals surface area contributed by atoms with E-state index >= 15 is 0 Å². The highest BCUT2D eigenvalue weighted by Gasteiger charge is 2.07. The van der Waals surface area contributed by atoms with Gasteiger partial charge < -0.3 is 5.32 Å². The van der Waals surface area contributed by atoms with Gasteiger partial charge in [0.25, 0.3) is 5.91 Å². The summed E-state index contributed by atoms with van der Waals surface area (Å²) < 4.78 is 0. The zero-order valence-electron chi connectivity index (χ0n) is 8.41. The highest BCUT2D eigenvalue weighted by atomic mass is 16.2. The molecule has 0 saturated carbocycles. The summed E-state index contributed by atoms with van der Waals surface area (Å²) >= 11 is 0. The van der Waals surface area contributed by atoms with Crippen LogP contribution in [-0.4, -0.2) is 11.9 Å². The Bertz CT molecular complexity index is 385. The molecule has 0 aliphatic rings. The molecule has 1 rings (SSSR count). The minimum atomic E-state index is -0.561. The summed E-state index contributed by atoms with van der Waals surface area (Å²) in [4.78, 5) is 22.3. The molecule has 4 nitrogen and oxygen atoms in total. The van der Waals surface area contributed by atoms with Crippen LogP contribution >= 0.6 is 0 Å². The van der Waals surface area contributed by atoms with E-state index in [1.165, 1.54) is 6.92 Å². The van der Waals surface area contributed by atoms with Crippen LogP contribution in [0.15, 0.2) is 42.5 Å². The van der Waals surface area contributed by atoms with E-state index < -0.39 is 11.9 Å². The Morgan fingerprint density at radius 1 is 1.20 bits per heavy atom. The van der Waals surface area contributed by atoms with Gasteiger partial charge in [-0.2, -0.15) is 0 Å². The second-order valence-corrected chi connectivity index (χ2v) is 3.05. The van der Waals surface area contributed by atoms with Crippen molar-refractivity contribution in [2.24, 2.45) is 0 Å². The minimum absolute atomic E-state index is 0.290. The molecule has 0 radical (unpaired) electrons. The van der Waals surface area contributed by atoms with Crippen LogP contribution in [-0.2, 0) is 4.79 Å². The topological polar surface area (TPSA) is 58.2 Å². The van der Waals surface area contributed by atoms with Crippen LogP contribution in [0.3, 0.4) is 0 Å². The number of rotatable bonds is 2. The van der Waals surface area contributed by atoms with E-state index in [9.17, 15) is 9.59 Å². The Labute approximate surface area is 88.0 Å². The Morgan fingerprint density at radius 2 is 1.80 bits per heavy atom. The van der Waals surface area contributed by atoms with Gasteiger partial charge in [0.15, 0.2) is 0 Å². The molecule has 15 heavy (non-hydrogen) atoms. The SMILES string of the molecule is C=C(C)C(=O)NC(=O)Nc1ccccc1. The molecule has 0 aromatic heterocycles. The highest BCUT2D eigenvalue weighted by molar-refractivity contribution is 6.07. The molecule has 1 aromatic carbocycles. The Balaban J connectivity index is 2.51. The number of benzene rings is 1. The Hall–Kier alpha value is -2.10. The summed E-state index contributed by atoms with van der Waals surface area (Å²) in [5.74, 6) is -0.483. The molecule has 78 valence electrons. The van der Waals surface area contributed by atoms with Gasteiger partial charge in [0.2, 0.25) is 0 Å². The lowest BCUT2D eigenvalue weighted by Gasteiger charge is -2.05. The van der Waals surface area contributed by atoms with Crippen LogP contribution in [0, 0.1) is 0 Å². The summed E-state index contributed by atoms with van der Waals surface area (Å²) in [6, 6.07) is 8.30. The minimum Gasteiger partial charge on any atom is -0.308 e. The Kier molecular flexibility index (Phi) is 3.62. The lowest BCUT2D eigenvalue weighted by Crippen LogP contribution is -2.34. The lowest BCUT2D eigenvalue weighted by atomic mass is 10.3. The third kappa shape index (κ3) is 3.64. The highest BCUT2D eigenvalue weighted by Crippen LogP contribution is 2.04. The number of para-hydroxylation sites is 1. The monoisotopic (exact) mass is 204 g/mol. The first kappa shape index (κ1) is 11.0. The number of nitrogens with one attached hydrogen (secondary N) is 2. The third-order valence-electron chi connectivity index (χ3n) is 1.65. The van der Waals surface area contributed by atoms with Crippen molar-refractivity contribution in [3.05, 3.63) is 42.5 Å². The molecule has 3 amide bonds. The average molecular weight is 204 g/mol. The van der Waals surface area contributed by atoms with Gasteiger partial charge in [0.1, 0.15) is 0 Å². The molecule has 4 heteroatoms. The van der Waals surface area contributed by atoms with E-state index in [-0.39, 0.29) is 0 Å². The van der Waals surface area contributed by atoms with Crippen LogP contribution < -0.4 is 10.6 Å². The lowest BCUT2D eigenvalue weighted by molar-refractivity contribution is -0.116. The average Bonchev–Trinajstić information content (AvgIpc) is 2.18. The summed E-state index contributed by atoms with van der Waals surface area (Å²) in [6.07, 6.45) is 0. The number of hydrogen-bond donors (Lipinski definition) is 2. The first-order chi connectivity index (χ1) is 7.09. The van der Waals surface area contributed by atoms with E-state index in [1.807, 2.05) is 6.07 Å². The zero-order chi connectivity index (χ0) is 11.3. The van der Waals surface area contributed by atoms with Crippen LogP contribution in [0.25, 0.3) is 0 Å². The second kappa shape index (κ2) is 4.95. The molecule has 0 spiro atoms. The number of anilines is 1. The summed E-state index contributed by atoms with van der Waals surface area (Å²) in [5.41, 5.74) is 0.919. The molecule has 2 N–H and O–H groups in total. The van der Waals surface area contributed by atoms with E-state index in [0.717, 1.165) is 0 Å². The van der Waals surface area contributed by atoms with Crippen molar-refractivity contribution in [2.45, 2.75) is 6.92 Å². The predicted octanol–water partition coefficient (Wildman–Crippen LogP) is 1.91. The largest absolute Gasteiger partial charge is 0.326 e. The van der Waals surface area contributed by atoms with E-state index in [1.54, 1.807) is 24.3 Å². The van der Waals surface area contributed by atoms with Gasteiger partial charge in [-0.1, -0.05) is 24.8 Å². The fourth-order valence-electron chi connectivity index (χ4n) is 0.894. The first-order valence-corrected chi connectivity index (χ1v) is 4.42. The van der Waals surface area contributed by atoms with E-state index in [0.29, 0.717) is 11.3 Å². The zero-order valence-corrected chi connectivity index (χ0v) is 8.41. The summed E-state index contributed by atoms with van der Waals surface area (Å²) in [7, 11) is 0. The molecule has 0 aliphatic carbocycles. The van der Waals surface area contributed by atoms with Crippen molar-refractivity contribution in [3.63, 3.8) is 0 Å². The van der Waals surface area contributed by atoms with Crippen LogP contribution in [0.5, 0.6) is 0 Å². The fourth-order valence-corrected chi connectivity index (χ4v) is 0.894. The Morgan fingerprint density at radius 3 is 2.33 bits per heavy atom. The molecule has 0 saturated heterocycles. The number of carbonyl (C=O) groups is 2. The maximum Gasteiger partial charge on any atom is 0.326 e. The summed E-state index contributed by atoms with van der Waals surface area (Å²) in [6.45, 7) is 4.96. The van der Waals surface area contributed by atoms with Crippen molar-refractivity contribution >= 4 is 17.6 Å². The molecule has 0 fully saturated rings. The van der Waals surface area contributed by atoms with Crippen molar-refractivity contribution < 1.29 is 9.59 Å². The van der Waals surface area contributed by atoms with Gasteiger partial charge in [-0.05, 0) is 19.1 Å². The second-order valence-electron chi connectivity index (χ2n) is 3.05. The van der Waals surface area contributed by atoms with Crippen molar-refractivity contribution in [1.82, 2.24) is 5.32 Å². The quantitative estimate of drug-likeness (QED) is 0.723. The molecule has 0 bridgehead atoms. The van der Waals surface area contributed by atoms with Crippen LogP contribution in [0.1, 0.15) is 6.92 Å². The van der Waals surface area contributed by atoms with Crippen LogP contribution in [0.2, 0.25) is 0 Å². The first-order valence-electron chi connectivity index (χ1n) is 4.42. The maximum absolute atomic E-state index is 11.2. The van der Waals surface area contributed by atoms with E-state index in [4.69, 9.17) is 0 Å². The number of hydrogen-bond acceptors (Lipinski definition) is 2. The number of carbonyl (C=O) groups excluding carboxylic acids is 2. The maximum atomic E-state index is 11.2. The normalized spacial score (nSPS) is 9.13. The molecule has 0 atom stereocenters. The van der Waals surface area contributed by atoms with Crippen molar-refractivity contribution in [3.8, 4) is 0 Å². The smallest absolute Gasteiger partial charge is 0.308 e. The standard InChI is InChI=1S/C11H12N2O2/c1-8(2)10(14)13-11(15)12-9-6-4-3-5-7-9/h3-7H,1H2,2H3,(H2,12,13,14,15). The van der Waals surface area contributed by atoms with Gasteiger partial charge in [0.05, 0.1) is 0 Å². The van der Waals surface area contributed by atoms with Gasteiger partial charge in [-0.25, -0.2) is 4.79 Å². The van der Waals surface area contributed by atoms with E-state index in [2.05, 4.69) is 17.2 Å². The molecule has 1 aromatic rings. The fraction of sp³-hybridized carbons (Fsp3) is 0.0909. The van der Waals surface area contributed by atoms with Crippen molar-refractivity contribution in [1.29, 1.82) is 0 Å². The molecule has 0 unspecified atom stereocenters. The number of urea groups is 1. The summed E-state index contributed by atoms with van der Waals surface area (Å²) in [5, 5.41) is 4.66. The van der Waals surface area contributed by atoms with Crippen molar-refractivity contribution in [2.75, 3.05) is 5.32 Å². The van der Waals surface area contributed by atoms with Crippen LogP contribution in [0.4, 0.5) is 10.5 Å². The van der Waals surface area contributed by atoms with Gasteiger partial charge in [0, 0.05) is 11.3 Å². The van der Waals surface area contributed by atoms with Gasteiger partial charge >= 0.3 is 6.03 Å².